The molecule has 1 N–H and O–H groups in total. The molecule has 0 unspecified atom stereocenters. The zero-order valence-corrected chi connectivity index (χ0v) is 21.4. The number of halogens is 2. The number of aryl methyl sites for hydroxylation is 1. The van der Waals surface area contributed by atoms with Crippen molar-refractivity contribution in [2.45, 2.75) is 18.9 Å². The normalized spacial score (nSPS) is 14.7. The molecular formula is C25H19BrClN7O2. The molecule has 1 atom stereocenters. The third kappa shape index (κ3) is 3.92. The molecule has 6 rings (SSSR count). The summed E-state index contributed by atoms with van der Waals surface area (Å²) in [7, 11) is 1.64. The molecule has 0 radical (unpaired) electrons. The number of nitrogens with one attached hydrogen (secondary N) is 1. The summed E-state index contributed by atoms with van der Waals surface area (Å²) in [4.78, 5) is 21.4. The highest BCUT2D eigenvalue weighted by molar-refractivity contribution is 9.10. The predicted octanol–water partition coefficient (Wildman–Crippen LogP) is 4.84. The fraction of sp³-hybridized carbons (Fsp3) is 0.160. The molecule has 3 aromatic heterocycles. The second kappa shape index (κ2) is 9.03. The number of benzene rings is 2. The minimum atomic E-state index is -0.188. The van der Waals surface area contributed by atoms with Crippen molar-refractivity contribution in [3.8, 4) is 33.8 Å². The molecule has 0 aliphatic carbocycles. The van der Waals surface area contributed by atoms with Gasteiger partial charge in [-0.05, 0) is 71.3 Å². The second-order valence-corrected chi connectivity index (χ2v) is 9.79. The van der Waals surface area contributed by atoms with Gasteiger partial charge in [-0.15, -0.1) is 5.10 Å². The van der Waals surface area contributed by atoms with E-state index < -0.39 is 0 Å². The lowest BCUT2D eigenvalue weighted by Gasteiger charge is -2.15. The molecule has 2 aromatic carbocycles. The van der Waals surface area contributed by atoms with Crippen molar-refractivity contribution in [2.24, 2.45) is 0 Å². The third-order valence-corrected chi connectivity index (χ3v) is 7.09. The molecule has 1 aliphatic rings. The summed E-state index contributed by atoms with van der Waals surface area (Å²) in [6.45, 7) is 0. The maximum Gasteiger partial charge on any atom is 0.252 e. The van der Waals surface area contributed by atoms with Crippen LogP contribution in [0.5, 0.6) is 5.75 Å². The lowest BCUT2D eigenvalue weighted by Crippen LogP contribution is -2.23. The molecule has 4 heterocycles. The van der Waals surface area contributed by atoms with Crippen LogP contribution in [0.3, 0.4) is 0 Å². The average Bonchev–Trinajstić information content (AvgIpc) is 3.64. The summed E-state index contributed by atoms with van der Waals surface area (Å²) >= 11 is 9.82. The molecule has 9 nitrogen and oxygen atoms in total. The van der Waals surface area contributed by atoms with E-state index in [1.165, 1.54) is 6.33 Å². The van der Waals surface area contributed by atoms with Gasteiger partial charge in [0.05, 0.1) is 30.7 Å². The number of pyridine rings is 1. The Balaban J connectivity index is 1.39. The Labute approximate surface area is 218 Å². The third-order valence-electron chi connectivity index (χ3n) is 6.36. The number of ether oxygens (including phenoxy) is 1. The van der Waals surface area contributed by atoms with Crippen LogP contribution in [0.15, 0.2) is 70.3 Å². The zero-order valence-electron chi connectivity index (χ0n) is 19.0. The van der Waals surface area contributed by atoms with Gasteiger partial charge in [-0.2, -0.15) is 4.68 Å². The molecule has 180 valence electrons. The molecule has 0 bridgehead atoms. The Hall–Kier alpha value is -3.76. The molecule has 11 heteroatoms. The van der Waals surface area contributed by atoms with Crippen molar-refractivity contribution in [1.29, 1.82) is 0 Å². The minimum Gasteiger partial charge on any atom is -0.496 e. The van der Waals surface area contributed by atoms with Crippen LogP contribution in [0.2, 0.25) is 5.02 Å². The van der Waals surface area contributed by atoms with E-state index in [1.54, 1.807) is 30.1 Å². The standard InChI is InChI=1S/C25H19BrClN7O2/c1-36-23-7-2-15(26)10-19(23)20-12-28-25(30-20)22-6-4-17-8-14(9-24(35)34(17)22)18-11-16(27)3-5-21(18)33-13-29-31-32-33/h2-3,5,7-13,22H,4,6H2,1H3,(H,28,30)/t22-/m0/s1. The fourth-order valence-corrected chi connectivity index (χ4v) is 5.29. The van der Waals surface area contributed by atoms with E-state index in [0.29, 0.717) is 5.02 Å². The Kier molecular flexibility index (Phi) is 5.69. The van der Waals surface area contributed by atoms with E-state index in [9.17, 15) is 4.79 Å². The zero-order chi connectivity index (χ0) is 24.8. The van der Waals surface area contributed by atoms with Gasteiger partial charge in [0.25, 0.3) is 5.56 Å². The van der Waals surface area contributed by atoms with Gasteiger partial charge in [0.2, 0.25) is 0 Å². The highest BCUT2D eigenvalue weighted by Crippen LogP contribution is 2.36. The number of hydrogen-bond donors (Lipinski definition) is 1. The SMILES string of the molecule is COc1ccc(Br)cc1-c1cnc([C@@H]2CCc3cc(-c4cc(Cl)ccc4-n4cnnn4)cc(=O)n32)[nH]1. The predicted molar refractivity (Wildman–Crippen MR) is 139 cm³/mol. The smallest absolute Gasteiger partial charge is 0.252 e. The molecule has 36 heavy (non-hydrogen) atoms. The maximum atomic E-state index is 13.4. The van der Waals surface area contributed by atoms with Crippen LogP contribution in [-0.4, -0.2) is 41.9 Å². The Morgan fingerprint density at radius 1 is 1.14 bits per heavy atom. The monoisotopic (exact) mass is 563 g/mol. The van der Waals surface area contributed by atoms with Crippen LogP contribution in [0.25, 0.3) is 28.1 Å². The average molecular weight is 565 g/mol. The summed E-state index contributed by atoms with van der Waals surface area (Å²) < 4.78 is 9.82. The number of imidazole rings is 1. The first-order valence-corrected chi connectivity index (χ1v) is 12.4. The van der Waals surface area contributed by atoms with Crippen LogP contribution in [-0.2, 0) is 6.42 Å². The van der Waals surface area contributed by atoms with Crippen molar-refractivity contribution < 1.29 is 4.74 Å². The van der Waals surface area contributed by atoms with E-state index in [0.717, 1.165) is 62.7 Å². The lowest BCUT2D eigenvalue weighted by molar-refractivity contribution is 0.416. The molecule has 0 spiro atoms. The fourth-order valence-electron chi connectivity index (χ4n) is 4.75. The van der Waals surface area contributed by atoms with Gasteiger partial charge in [0.1, 0.15) is 17.9 Å². The summed E-state index contributed by atoms with van der Waals surface area (Å²) in [5.74, 6) is 1.47. The van der Waals surface area contributed by atoms with Crippen LogP contribution in [0.4, 0.5) is 0 Å². The van der Waals surface area contributed by atoms with Crippen LogP contribution in [0, 0.1) is 0 Å². The van der Waals surface area contributed by atoms with E-state index in [2.05, 4.69) is 41.4 Å². The largest absolute Gasteiger partial charge is 0.496 e. The van der Waals surface area contributed by atoms with E-state index in [-0.39, 0.29) is 11.6 Å². The first-order chi connectivity index (χ1) is 17.5. The summed E-state index contributed by atoms with van der Waals surface area (Å²) in [5, 5.41) is 12.0. The molecule has 0 amide bonds. The lowest BCUT2D eigenvalue weighted by atomic mass is 10.0. The second-order valence-electron chi connectivity index (χ2n) is 8.44. The maximum absolute atomic E-state index is 13.4. The number of rotatable bonds is 5. The number of tetrazole rings is 1. The van der Waals surface area contributed by atoms with Crippen LogP contribution in [0.1, 0.15) is 24.0 Å². The van der Waals surface area contributed by atoms with Gasteiger partial charge in [0, 0.05) is 32.4 Å². The van der Waals surface area contributed by atoms with Gasteiger partial charge in [-0.3, -0.25) is 4.79 Å². The number of aromatic amines is 1. The minimum absolute atomic E-state index is 0.106. The van der Waals surface area contributed by atoms with Gasteiger partial charge >= 0.3 is 0 Å². The van der Waals surface area contributed by atoms with E-state index in [1.807, 2.05) is 41.0 Å². The summed E-state index contributed by atoms with van der Waals surface area (Å²) in [6, 6.07) is 14.7. The van der Waals surface area contributed by atoms with Gasteiger partial charge in [0.15, 0.2) is 0 Å². The van der Waals surface area contributed by atoms with Crippen molar-refractivity contribution >= 4 is 27.5 Å². The van der Waals surface area contributed by atoms with Gasteiger partial charge in [-0.25, -0.2) is 4.98 Å². The number of aromatic nitrogens is 7. The van der Waals surface area contributed by atoms with Crippen molar-refractivity contribution in [1.82, 2.24) is 34.7 Å². The van der Waals surface area contributed by atoms with E-state index >= 15 is 0 Å². The molecule has 0 saturated heterocycles. The first-order valence-electron chi connectivity index (χ1n) is 11.2. The Morgan fingerprint density at radius 2 is 2.03 bits per heavy atom. The topological polar surface area (TPSA) is 104 Å². The number of hydrogen-bond acceptors (Lipinski definition) is 6. The van der Waals surface area contributed by atoms with Crippen LogP contribution < -0.4 is 10.3 Å². The van der Waals surface area contributed by atoms with E-state index in [4.69, 9.17) is 16.3 Å². The molecule has 1 aliphatic heterocycles. The summed E-state index contributed by atoms with van der Waals surface area (Å²) in [5.41, 5.74) is 4.82. The number of fused-ring (bicyclic) bond motifs is 1. The summed E-state index contributed by atoms with van der Waals surface area (Å²) in [6.07, 6.45) is 4.79. The number of nitrogens with zero attached hydrogens (tertiary/aromatic N) is 6. The molecule has 5 aromatic rings. The highest BCUT2D eigenvalue weighted by Gasteiger charge is 2.28. The molecular weight excluding hydrogens is 546 g/mol. The van der Waals surface area contributed by atoms with Crippen LogP contribution >= 0.6 is 27.5 Å². The Morgan fingerprint density at radius 3 is 2.83 bits per heavy atom. The number of methoxy groups -OCH3 is 1. The van der Waals surface area contributed by atoms with Crippen molar-refractivity contribution in [2.75, 3.05) is 7.11 Å². The van der Waals surface area contributed by atoms with Gasteiger partial charge in [-0.1, -0.05) is 27.5 Å². The highest BCUT2D eigenvalue weighted by atomic mass is 79.9. The van der Waals surface area contributed by atoms with Crippen molar-refractivity contribution in [3.63, 3.8) is 0 Å². The molecule has 0 fully saturated rings. The molecule has 0 saturated carbocycles. The van der Waals surface area contributed by atoms with Gasteiger partial charge < -0.3 is 14.3 Å². The Bertz CT molecular complexity index is 1640. The quantitative estimate of drug-likeness (QED) is 0.328. The first kappa shape index (κ1) is 22.7. The van der Waals surface area contributed by atoms with Crippen molar-refractivity contribution in [3.05, 3.63) is 92.4 Å². The number of H-pyrrole nitrogens is 1.